The summed E-state index contributed by atoms with van der Waals surface area (Å²) in [6, 6.07) is 0. The molecule has 0 bridgehead atoms. The molecule has 0 aliphatic carbocycles. The van der Waals surface area contributed by atoms with Crippen LogP contribution in [0.5, 0.6) is 0 Å². The van der Waals surface area contributed by atoms with Crippen LogP contribution in [-0.2, 0) is 19.3 Å². The number of unbranched alkanes of at least 4 members (excludes halogenated alkanes) is 1. The first-order chi connectivity index (χ1) is 4.74. The summed E-state index contributed by atoms with van der Waals surface area (Å²) in [5.74, 6) is 0. The summed E-state index contributed by atoms with van der Waals surface area (Å²) < 4.78 is 25.9. The van der Waals surface area contributed by atoms with Gasteiger partial charge in [-0.1, -0.05) is 0 Å². The molecule has 0 aliphatic rings. The number of rotatable bonds is 3. The molecular formula is C9H21O2Ti. The second-order valence-electron chi connectivity index (χ2n) is 7.30. The van der Waals surface area contributed by atoms with Crippen molar-refractivity contribution in [3.05, 3.63) is 10.5 Å². The quantitative estimate of drug-likeness (QED) is 0.659. The third-order valence-electron chi connectivity index (χ3n) is 1.38. The van der Waals surface area contributed by atoms with Crippen molar-refractivity contribution in [1.82, 2.24) is 0 Å². The monoisotopic (exact) mass is 209 g/mol. The molecule has 2 nitrogen and oxygen atoms in total. The van der Waals surface area contributed by atoms with Gasteiger partial charge < -0.3 is 0 Å². The Morgan fingerprint density at radius 1 is 1.08 bits per heavy atom. The minimum absolute atomic E-state index is 0.820. The Balaban J connectivity index is 5.21. The van der Waals surface area contributed by atoms with Crippen molar-refractivity contribution in [2.75, 3.05) is 0 Å². The van der Waals surface area contributed by atoms with Gasteiger partial charge in [-0.15, -0.1) is 0 Å². The van der Waals surface area contributed by atoms with Crippen LogP contribution in [0.15, 0.2) is 10.5 Å². The van der Waals surface area contributed by atoms with Crippen LogP contribution in [0, 0.1) is 0 Å². The third kappa shape index (κ3) is 10.1. The van der Waals surface area contributed by atoms with Gasteiger partial charge in [0.2, 0.25) is 0 Å². The summed E-state index contributed by atoms with van der Waals surface area (Å²) in [6.45, 7) is 2.02. The summed E-state index contributed by atoms with van der Waals surface area (Å²) in [5, 5.41) is 5.41. The summed E-state index contributed by atoms with van der Waals surface area (Å²) in [4.78, 5) is 0. The van der Waals surface area contributed by atoms with Gasteiger partial charge in [-0.3, -0.25) is 0 Å². The van der Waals surface area contributed by atoms with Crippen LogP contribution < -0.4 is 0 Å². The van der Waals surface area contributed by atoms with E-state index in [9.17, 15) is 6.65 Å². The predicted molar refractivity (Wildman–Crippen MR) is 48.9 cm³/mol. The van der Waals surface area contributed by atoms with Gasteiger partial charge in [-0.25, -0.2) is 0 Å². The molecule has 0 atom stereocenters. The van der Waals surface area contributed by atoms with Gasteiger partial charge in [0.25, 0.3) is 0 Å². The van der Waals surface area contributed by atoms with Crippen LogP contribution in [0.3, 0.4) is 0 Å². The minimum atomic E-state index is -5.58. The third-order valence-corrected chi connectivity index (χ3v) is 4.25. The van der Waals surface area contributed by atoms with Crippen LogP contribution in [0.1, 0.15) is 19.8 Å². The van der Waals surface area contributed by atoms with Gasteiger partial charge in [0, 0.05) is 0 Å². The molecule has 0 heterocycles. The van der Waals surface area contributed by atoms with Crippen molar-refractivity contribution in [3.63, 3.8) is 0 Å². The van der Waals surface area contributed by atoms with E-state index in [-0.39, 0.29) is 0 Å². The van der Waals surface area contributed by atoms with E-state index in [0.717, 1.165) is 12.8 Å². The topological polar surface area (TPSA) is 34.1 Å². The molecule has 0 radical (unpaired) electrons. The average Bonchev–Trinajstić information content (AvgIpc) is 1.57. The van der Waals surface area contributed by atoms with Gasteiger partial charge in [-0.05, 0) is 0 Å². The molecule has 0 aromatic rings. The van der Waals surface area contributed by atoms with Crippen molar-refractivity contribution >= 4 is 0 Å². The van der Waals surface area contributed by atoms with E-state index in [1.807, 2.05) is 6.92 Å². The Morgan fingerprint density at radius 2 is 1.50 bits per heavy atom. The fourth-order valence-corrected chi connectivity index (χ4v) is 2.85. The van der Waals surface area contributed by atoms with Gasteiger partial charge in [0.05, 0.1) is 0 Å². The Morgan fingerprint density at radius 3 is 1.75 bits per heavy atom. The molecule has 0 saturated heterocycles. The number of allylic oxidation sites excluding steroid dienone is 1. The molecule has 12 heavy (non-hydrogen) atoms. The number of hydrogen-bond donors (Lipinski definition) is 0. The van der Waals surface area contributed by atoms with Crippen LogP contribution >= 0.6 is 0 Å². The second-order valence-corrected chi connectivity index (χ2v) is 26.9. The zero-order chi connectivity index (χ0) is 10.2. The standard InChI is InChI=1S/C5H9.4CH3.2O.Ti/c1-3-5-4-2;;;;;;;/h1,3H,4-5H2,2H3;4*1H3;;;. The average molecular weight is 209 g/mol. The normalized spacial score (nSPS) is 22.6. The van der Waals surface area contributed by atoms with Crippen LogP contribution in [-0.4, -0.2) is 0 Å². The maximum atomic E-state index is 12.2. The van der Waals surface area contributed by atoms with E-state index in [1.54, 1.807) is 6.08 Å². The molecule has 0 N–H and O–H groups in total. The van der Waals surface area contributed by atoms with Crippen molar-refractivity contribution in [2.45, 2.75) is 40.7 Å². The Labute approximate surface area is 70.6 Å². The number of hydrogen-bond acceptors (Lipinski definition) is 2. The molecular weight excluding hydrogens is 188 g/mol. The molecule has 0 aromatic heterocycles. The molecule has 0 amide bonds. The van der Waals surface area contributed by atoms with Crippen LogP contribution in [0.25, 0.3) is 0 Å². The predicted octanol–water partition coefficient (Wildman–Crippen LogP) is 3.94. The van der Waals surface area contributed by atoms with Crippen molar-refractivity contribution in [1.29, 1.82) is 0 Å². The molecule has 0 aromatic carbocycles. The maximum absolute atomic E-state index is 12.2. The van der Waals surface area contributed by atoms with Gasteiger partial charge in [-0.2, -0.15) is 0 Å². The SMILES string of the molecule is CCCC=[CH][Ti]([CH3])([CH3])([CH3])([CH3])(=[O])=[O]. The molecule has 3 heteroatoms. The van der Waals surface area contributed by atoms with Gasteiger partial charge in [0.15, 0.2) is 0 Å². The summed E-state index contributed by atoms with van der Waals surface area (Å²) in [5.41, 5.74) is 0. The van der Waals surface area contributed by atoms with E-state index in [0.29, 0.717) is 0 Å². The van der Waals surface area contributed by atoms with Gasteiger partial charge >= 0.3 is 70.5 Å². The van der Waals surface area contributed by atoms with Crippen molar-refractivity contribution < 1.29 is 19.3 Å². The van der Waals surface area contributed by atoms with E-state index in [1.165, 1.54) is 25.3 Å². The molecule has 0 rings (SSSR count). The molecule has 0 fully saturated rings. The van der Waals surface area contributed by atoms with Crippen LogP contribution in [0.4, 0.5) is 0 Å². The molecule has 0 saturated carbocycles. The first kappa shape index (κ1) is 12.1. The molecule has 0 unspecified atom stereocenters. The fourth-order valence-electron chi connectivity index (χ4n) is 0.818. The summed E-state index contributed by atoms with van der Waals surface area (Å²) in [7, 11) is 0. The van der Waals surface area contributed by atoms with Crippen molar-refractivity contribution in [2.24, 2.45) is 0 Å². The van der Waals surface area contributed by atoms with Crippen LogP contribution in [0.2, 0.25) is 20.9 Å². The zero-order valence-electron chi connectivity index (χ0n) is 8.89. The fraction of sp³-hybridized carbons (Fsp3) is 0.778. The molecule has 0 spiro atoms. The van der Waals surface area contributed by atoms with Crippen molar-refractivity contribution in [3.8, 4) is 0 Å². The Hall–Kier alpha value is 0.0543. The Bertz CT molecular complexity index is 370. The van der Waals surface area contributed by atoms with E-state index >= 15 is 0 Å². The molecule has 73 valence electrons. The zero-order valence-corrected chi connectivity index (χ0v) is 10.4. The van der Waals surface area contributed by atoms with E-state index in [2.05, 4.69) is 0 Å². The Kier molecular flexibility index (Phi) is 1.79. The summed E-state index contributed by atoms with van der Waals surface area (Å²) >= 11 is -5.58. The first-order valence-corrected chi connectivity index (χ1v) is 13.1. The van der Waals surface area contributed by atoms with Gasteiger partial charge in [0.1, 0.15) is 0 Å². The summed E-state index contributed by atoms with van der Waals surface area (Å²) in [6.07, 6.45) is 3.54. The van der Waals surface area contributed by atoms with E-state index < -0.39 is 12.7 Å². The second kappa shape index (κ2) is 1.78. The molecule has 0 aliphatic heterocycles. The van der Waals surface area contributed by atoms with E-state index in [4.69, 9.17) is 0 Å². The first-order valence-electron chi connectivity index (χ1n) is 4.65.